The van der Waals surface area contributed by atoms with Gasteiger partial charge in [0.1, 0.15) is 5.82 Å². The number of carbonyl (C=O) groups is 2. The standard InChI is InChI=1S/C16H22N4O3/c1-19(2)13-12(4-3-6-18-13)14(21)20-8-11-9-23-7-5-16(11,10-20)15(17)22/h3-4,6,11H,5,7-10H2,1-2H3,(H2,17,22)/t11-,16+/m1/s1. The number of hydrogen-bond donors (Lipinski definition) is 1. The molecule has 0 spiro atoms. The van der Waals surface area contributed by atoms with Crippen molar-refractivity contribution in [3.8, 4) is 0 Å². The maximum Gasteiger partial charge on any atom is 0.257 e. The van der Waals surface area contributed by atoms with Gasteiger partial charge < -0.3 is 20.3 Å². The number of amides is 2. The van der Waals surface area contributed by atoms with E-state index in [1.807, 2.05) is 19.0 Å². The number of fused-ring (bicyclic) bond motifs is 1. The summed E-state index contributed by atoms with van der Waals surface area (Å²) in [5.41, 5.74) is 5.55. The van der Waals surface area contributed by atoms with Crippen LogP contribution in [0.1, 0.15) is 16.8 Å². The average Bonchev–Trinajstić information content (AvgIpc) is 2.95. The molecule has 3 rings (SSSR count). The Morgan fingerprint density at radius 3 is 2.91 bits per heavy atom. The summed E-state index contributed by atoms with van der Waals surface area (Å²) in [6, 6.07) is 3.51. The summed E-state index contributed by atoms with van der Waals surface area (Å²) in [6.45, 7) is 1.83. The Kier molecular flexibility index (Phi) is 3.97. The van der Waals surface area contributed by atoms with Crippen LogP contribution in [0, 0.1) is 11.3 Å². The van der Waals surface area contributed by atoms with Crippen LogP contribution in [0.4, 0.5) is 5.82 Å². The summed E-state index contributed by atoms with van der Waals surface area (Å²) in [5, 5.41) is 0. The van der Waals surface area contributed by atoms with Gasteiger partial charge in [0.25, 0.3) is 5.91 Å². The highest BCUT2D eigenvalue weighted by Crippen LogP contribution is 2.42. The van der Waals surface area contributed by atoms with Gasteiger partial charge in [-0.1, -0.05) is 0 Å². The maximum absolute atomic E-state index is 12.9. The Morgan fingerprint density at radius 2 is 2.26 bits per heavy atom. The van der Waals surface area contributed by atoms with Gasteiger partial charge in [0.2, 0.25) is 5.91 Å². The van der Waals surface area contributed by atoms with E-state index in [1.54, 1.807) is 23.2 Å². The van der Waals surface area contributed by atoms with E-state index in [9.17, 15) is 9.59 Å². The van der Waals surface area contributed by atoms with Crippen LogP contribution in [-0.2, 0) is 9.53 Å². The van der Waals surface area contributed by atoms with Crippen LogP contribution in [0.3, 0.4) is 0 Å². The summed E-state index contributed by atoms with van der Waals surface area (Å²) in [7, 11) is 3.70. The second-order valence-electron chi connectivity index (χ2n) is 6.50. The highest BCUT2D eigenvalue weighted by molar-refractivity contribution is 5.99. The summed E-state index contributed by atoms with van der Waals surface area (Å²) in [4.78, 5) is 32.8. The van der Waals surface area contributed by atoms with Gasteiger partial charge in [-0.05, 0) is 18.6 Å². The Bertz CT molecular complexity index is 634. The molecule has 7 nitrogen and oxygen atoms in total. The van der Waals surface area contributed by atoms with Crippen molar-refractivity contribution in [3.63, 3.8) is 0 Å². The van der Waals surface area contributed by atoms with E-state index in [2.05, 4.69) is 4.98 Å². The van der Waals surface area contributed by atoms with E-state index in [4.69, 9.17) is 10.5 Å². The average molecular weight is 318 g/mol. The number of nitrogens with zero attached hydrogens (tertiary/aromatic N) is 3. The largest absolute Gasteiger partial charge is 0.381 e. The number of carbonyl (C=O) groups excluding carboxylic acids is 2. The third-order valence-corrected chi connectivity index (χ3v) is 4.93. The number of likely N-dealkylation sites (tertiary alicyclic amines) is 1. The second kappa shape index (κ2) is 5.81. The first-order valence-corrected chi connectivity index (χ1v) is 7.75. The van der Waals surface area contributed by atoms with Crippen molar-refractivity contribution < 1.29 is 14.3 Å². The number of ether oxygens (including phenoxy) is 1. The molecule has 0 saturated carbocycles. The summed E-state index contributed by atoms with van der Waals surface area (Å²) in [5.74, 6) is 0.144. The molecule has 2 amide bonds. The van der Waals surface area contributed by atoms with E-state index in [0.717, 1.165) is 0 Å². The topological polar surface area (TPSA) is 88.8 Å². The molecular weight excluding hydrogens is 296 g/mol. The molecule has 0 bridgehead atoms. The minimum absolute atomic E-state index is 0.0304. The Labute approximate surface area is 135 Å². The molecule has 0 aromatic carbocycles. The number of primary amides is 1. The zero-order chi connectivity index (χ0) is 16.6. The van der Waals surface area contributed by atoms with Gasteiger partial charge in [0.15, 0.2) is 0 Å². The van der Waals surface area contributed by atoms with Crippen molar-refractivity contribution >= 4 is 17.6 Å². The van der Waals surface area contributed by atoms with E-state index < -0.39 is 5.41 Å². The van der Waals surface area contributed by atoms with Crippen molar-refractivity contribution in [2.75, 3.05) is 45.3 Å². The van der Waals surface area contributed by atoms with Crippen LogP contribution in [0.5, 0.6) is 0 Å². The van der Waals surface area contributed by atoms with Crippen molar-refractivity contribution in [3.05, 3.63) is 23.9 Å². The van der Waals surface area contributed by atoms with Gasteiger partial charge in [-0.3, -0.25) is 9.59 Å². The Hall–Kier alpha value is -2.15. The van der Waals surface area contributed by atoms with Crippen LogP contribution >= 0.6 is 0 Å². The molecule has 2 aliphatic rings. The fourth-order valence-electron chi connectivity index (χ4n) is 3.60. The Balaban J connectivity index is 1.89. The van der Waals surface area contributed by atoms with Gasteiger partial charge in [-0.15, -0.1) is 0 Å². The van der Waals surface area contributed by atoms with E-state index in [-0.39, 0.29) is 17.7 Å². The molecule has 2 saturated heterocycles. The van der Waals surface area contributed by atoms with Crippen molar-refractivity contribution in [2.45, 2.75) is 6.42 Å². The van der Waals surface area contributed by atoms with Crippen molar-refractivity contribution in [1.29, 1.82) is 0 Å². The Morgan fingerprint density at radius 1 is 1.48 bits per heavy atom. The fourth-order valence-corrected chi connectivity index (χ4v) is 3.60. The molecule has 2 aliphatic heterocycles. The zero-order valence-corrected chi connectivity index (χ0v) is 13.5. The van der Waals surface area contributed by atoms with E-state index >= 15 is 0 Å². The molecule has 7 heteroatoms. The highest BCUT2D eigenvalue weighted by Gasteiger charge is 2.53. The summed E-state index contributed by atoms with van der Waals surface area (Å²) < 4.78 is 5.49. The summed E-state index contributed by atoms with van der Waals surface area (Å²) in [6.07, 6.45) is 2.24. The summed E-state index contributed by atoms with van der Waals surface area (Å²) >= 11 is 0. The molecule has 2 N–H and O–H groups in total. The zero-order valence-electron chi connectivity index (χ0n) is 13.5. The van der Waals surface area contributed by atoms with Crippen LogP contribution in [0.2, 0.25) is 0 Å². The number of pyridine rings is 1. The molecule has 2 atom stereocenters. The lowest BCUT2D eigenvalue weighted by Crippen LogP contribution is -2.48. The molecule has 0 radical (unpaired) electrons. The first-order chi connectivity index (χ1) is 11.0. The lowest BCUT2D eigenvalue weighted by molar-refractivity contribution is -0.135. The molecule has 0 unspecified atom stereocenters. The van der Waals surface area contributed by atoms with Crippen molar-refractivity contribution in [2.24, 2.45) is 17.1 Å². The number of hydrogen-bond acceptors (Lipinski definition) is 5. The van der Waals surface area contributed by atoms with Crippen LogP contribution in [0.25, 0.3) is 0 Å². The molecule has 124 valence electrons. The maximum atomic E-state index is 12.9. The highest BCUT2D eigenvalue weighted by atomic mass is 16.5. The molecule has 1 aromatic heterocycles. The first kappa shape index (κ1) is 15.7. The van der Waals surface area contributed by atoms with Crippen LogP contribution < -0.4 is 10.6 Å². The number of aromatic nitrogens is 1. The van der Waals surface area contributed by atoms with Crippen LogP contribution in [0.15, 0.2) is 18.3 Å². The quantitative estimate of drug-likeness (QED) is 0.854. The second-order valence-corrected chi connectivity index (χ2v) is 6.50. The normalized spacial score (nSPS) is 26.7. The predicted molar refractivity (Wildman–Crippen MR) is 85.0 cm³/mol. The minimum atomic E-state index is -0.658. The SMILES string of the molecule is CN(C)c1ncccc1C(=O)N1C[C@@H]2COCC[C@]2(C(N)=O)C1. The third kappa shape index (κ3) is 2.55. The molecular formula is C16H22N4O3. The molecule has 1 aromatic rings. The van der Waals surface area contributed by atoms with Crippen LogP contribution in [-0.4, -0.2) is 62.1 Å². The number of rotatable bonds is 3. The lowest BCUT2D eigenvalue weighted by Gasteiger charge is -2.35. The number of anilines is 1. The fraction of sp³-hybridized carbons (Fsp3) is 0.562. The molecule has 3 heterocycles. The first-order valence-electron chi connectivity index (χ1n) is 7.75. The minimum Gasteiger partial charge on any atom is -0.381 e. The van der Waals surface area contributed by atoms with Gasteiger partial charge in [-0.25, -0.2) is 4.98 Å². The van der Waals surface area contributed by atoms with Gasteiger partial charge >= 0.3 is 0 Å². The smallest absolute Gasteiger partial charge is 0.257 e. The van der Waals surface area contributed by atoms with Gasteiger partial charge in [-0.2, -0.15) is 0 Å². The number of nitrogens with two attached hydrogens (primary N) is 1. The monoisotopic (exact) mass is 318 g/mol. The van der Waals surface area contributed by atoms with Gasteiger partial charge in [0.05, 0.1) is 17.6 Å². The molecule has 0 aliphatic carbocycles. The van der Waals surface area contributed by atoms with E-state index in [0.29, 0.717) is 44.1 Å². The van der Waals surface area contributed by atoms with Crippen molar-refractivity contribution in [1.82, 2.24) is 9.88 Å². The third-order valence-electron chi connectivity index (χ3n) is 4.93. The van der Waals surface area contributed by atoms with Gasteiger partial charge in [0, 0.05) is 45.9 Å². The molecule has 23 heavy (non-hydrogen) atoms. The molecule has 2 fully saturated rings. The lowest BCUT2D eigenvalue weighted by atomic mass is 9.74. The van der Waals surface area contributed by atoms with E-state index in [1.165, 1.54) is 0 Å². The predicted octanol–water partition coefficient (Wildman–Crippen LogP) is 0.112.